The maximum Gasteiger partial charge on any atom is 0.331 e. The van der Waals surface area contributed by atoms with E-state index >= 15 is 0 Å². The summed E-state index contributed by atoms with van der Waals surface area (Å²) in [5.74, 6) is 5.61. The molecule has 3 heteroatoms. The van der Waals surface area contributed by atoms with Crippen LogP contribution in [0.2, 0.25) is 0 Å². The Hall–Kier alpha value is -2.86. The second kappa shape index (κ2) is 9.32. The lowest BCUT2D eigenvalue weighted by atomic mass is 10.0. The molecule has 3 nitrogen and oxygen atoms in total. The highest BCUT2D eigenvalue weighted by atomic mass is 16.5. The van der Waals surface area contributed by atoms with Crippen molar-refractivity contribution in [1.82, 2.24) is 0 Å². The monoisotopic (exact) mass is 319 g/mol. The van der Waals surface area contributed by atoms with Crippen molar-refractivity contribution in [3.05, 3.63) is 71.8 Å². The van der Waals surface area contributed by atoms with E-state index in [1.54, 1.807) is 0 Å². The Morgan fingerprint density at radius 1 is 1.00 bits per heavy atom. The van der Waals surface area contributed by atoms with Gasteiger partial charge in [0.15, 0.2) is 6.04 Å². The predicted octanol–water partition coefficient (Wildman–Crippen LogP) is 3.87. The van der Waals surface area contributed by atoms with Gasteiger partial charge < -0.3 is 4.74 Å². The summed E-state index contributed by atoms with van der Waals surface area (Å²) in [5, 5.41) is 0. The fraction of sp³-hybridized carbons (Fsp3) is 0.238. The Labute approximate surface area is 143 Å². The highest BCUT2D eigenvalue weighted by molar-refractivity contribution is 6.13. The van der Waals surface area contributed by atoms with E-state index in [4.69, 9.17) is 9.73 Å². The van der Waals surface area contributed by atoms with Crippen molar-refractivity contribution in [2.24, 2.45) is 4.99 Å². The van der Waals surface area contributed by atoms with Crippen LogP contribution >= 0.6 is 0 Å². The third-order valence-electron chi connectivity index (χ3n) is 3.45. The molecule has 0 aliphatic rings. The molecule has 0 amide bonds. The Bertz CT molecular complexity index is 698. The zero-order chi connectivity index (χ0) is 17.2. The first-order chi connectivity index (χ1) is 11.8. The van der Waals surface area contributed by atoms with Crippen molar-refractivity contribution in [1.29, 1.82) is 0 Å². The molecule has 0 fully saturated rings. The summed E-state index contributed by atoms with van der Waals surface area (Å²) in [5.41, 5.74) is 2.69. The van der Waals surface area contributed by atoms with Crippen molar-refractivity contribution in [2.45, 2.75) is 25.8 Å². The molecule has 0 bridgehead atoms. The smallest absolute Gasteiger partial charge is 0.331 e. The average molecular weight is 319 g/mol. The molecule has 2 aromatic rings. The first-order valence-electron chi connectivity index (χ1n) is 7.98. The average Bonchev–Trinajstić information content (AvgIpc) is 2.65. The summed E-state index contributed by atoms with van der Waals surface area (Å²) in [7, 11) is 1.38. The van der Waals surface area contributed by atoms with Crippen LogP contribution in [0.5, 0.6) is 0 Å². The fourth-order valence-electron chi connectivity index (χ4n) is 2.28. The van der Waals surface area contributed by atoms with E-state index in [9.17, 15) is 4.79 Å². The first-order valence-corrected chi connectivity index (χ1v) is 7.98. The Morgan fingerprint density at radius 2 is 1.54 bits per heavy atom. The van der Waals surface area contributed by atoms with E-state index in [0.29, 0.717) is 6.42 Å². The van der Waals surface area contributed by atoms with Crippen LogP contribution in [0.4, 0.5) is 0 Å². The molecule has 2 rings (SSSR count). The van der Waals surface area contributed by atoms with Crippen LogP contribution in [0, 0.1) is 11.8 Å². The molecular weight excluding hydrogens is 298 g/mol. The summed E-state index contributed by atoms with van der Waals surface area (Å²) in [6.45, 7) is 1.97. The molecule has 1 unspecified atom stereocenters. The van der Waals surface area contributed by atoms with Gasteiger partial charge in [0.05, 0.1) is 12.8 Å². The second-order valence-corrected chi connectivity index (χ2v) is 5.16. The molecule has 1 atom stereocenters. The Kier molecular flexibility index (Phi) is 6.79. The van der Waals surface area contributed by atoms with Crippen LogP contribution in [0.25, 0.3) is 0 Å². The minimum atomic E-state index is -0.635. The first kappa shape index (κ1) is 17.5. The molecule has 0 heterocycles. The van der Waals surface area contributed by atoms with Gasteiger partial charge in [0.25, 0.3) is 0 Å². The molecule has 0 radical (unpaired) electrons. The Morgan fingerprint density at radius 3 is 2.00 bits per heavy atom. The lowest BCUT2D eigenvalue weighted by Crippen LogP contribution is -2.22. The summed E-state index contributed by atoms with van der Waals surface area (Å²) in [4.78, 5) is 16.8. The van der Waals surface area contributed by atoms with E-state index in [-0.39, 0.29) is 5.97 Å². The topological polar surface area (TPSA) is 38.7 Å². The van der Waals surface area contributed by atoms with Gasteiger partial charge >= 0.3 is 5.97 Å². The van der Waals surface area contributed by atoms with Gasteiger partial charge in [-0.05, 0) is 0 Å². The summed E-state index contributed by atoms with van der Waals surface area (Å²) in [6.07, 6.45) is 1.10. The van der Waals surface area contributed by atoms with Crippen molar-refractivity contribution in [3.8, 4) is 11.8 Å². The number of nitrogens with zero attached hydrogens (tertiary/aromatic N) is 1. The molecule has 122 valence electrons. The molecule has 0 aliphatic carbocycles. The number of aliphatic imine (C=N–C) groups is 1. The third-order valence-corrected chi connectivity index (χ3v) is 3.45. The van der Waals surface area contributed by atoms with E-state index < -0.39 is 6.04 Å². The maximum atomic E-state index is 12.1. The standard InChI is InChI=1S/C21H21NO2/c1-3-4-7-16-19(21(23)24-2)22-20(17-12-8-5-9-13-17)18-14-10-6-11-15-18/h5-6,8-15,19H,3,16H2,1-2H3. The lowest BCUT2D eigenvalue weighted by molar-refractivity contribution is -0.141. The van der Waals surface area contributed by atoms with E-state index in [2.05, 4.69) is 11.8 Å². The third kappa shape index (κ3) is 4.82. The zero-order valence-electron chi connectivity index (χ0n) is 14.0. The van der Waals surface area contributed by atoms with Gasteiger partial charge in [-0.2, -0.15) is 0 Å². The minimum Gasteiger partial charge on any atom is -0.467 e. The van der Waals surface area contributed by atoms with Gasteiger partial charge in [0.2, 0.25) is 0 Å². The number of carbonyl (C=O) groups is 1. The molecule has 0 spiro atoms. The van der Waals surface area contributed by atoms with Gasteiger partial charge in [-0.3, -0.25) is 4.99 Å². The van der Waals surface area contributed by atoms with Crippen LogP contribution in [-0.2, 0) is 9.53 Å². The fourth-order valence-corrected chi connectivity index (χ4v) is 2.28. The van der Waals surface area contributed by atoms with E-state index in [1.165, 1.54) is 7.11 Å². The normalized spacial score (nSPS) is 10.9. The predicted molar refractivity (Wildman–Crippen MR) is 97.0 cm³/mol. The summed E-state index contributed by atoms with van der Waals surface area (Å²) >= 11 is 0. The quantitative estimate of drug-likeness (QED) is 0.477. The zero-order valence-corrected chi connectivity index (χ0v) is 14.0. The number of esters is 1. The number of rotatable bonds is 5. The van der Waals surface area contributed by atoms with Crippen molar-refractivity contribution in [3.63, 3.8) is 0 Å². The molecule has 0 saturated carbocycles. The van der Waals surface area contributed by atoms with Crippen LogP contribution < -0.4 is 0 Å². The van der Waals surface area contributed by atoms with Crippen molar-refractivity contribution >= 4 is 11.7 Å². The molecule has 0 saturated heterocycles. The highest BCUT2D eigenvalue weighted by Crippen LogP contribution is 2.14. The van der Waals surface area contributed by atoms with Gasteiger partial charge in [-0.1, -0.05) is 67.6 Å². The van der Waals surface area contributed by atoms with Gasteiger partial charge in [0, 0.05) is 24.0 Å². The summed E-state index contributed by atoms with van der Waals surface area (Å²) < 4.78 is 4.90. The minimum absolute atomic E-state index is 0.351. The van der Waals surface area contributed by atoms with Gasteiger partial charge in [-0.15, -0.1) is 11.8 Å². The SMILES string of the molecule is CCC#CCC(N=C(c1ccccc1)c1ccccc1)C(=O)OC. The van der Waals surface area contributed by atoms with Crippen LogP contribution in [0.3, 0.4) is 0 Å². The molecule has 0 aliphatic heterocycles. The summed E-state index contributed by atoms with van der Waals surface area (Å²) in [6, 6.07) is 19.0. The number of ether oxygens (including phenoxy) is 1. The maximum absolute atomic E-state index is 12.1. The largest absolute Gasteiger partial charge is 0.467 e. The molecule has 24 heavy (non-hydrogen) atoms. The van der Waals surface area contributed by atoms with Crippen molar-refractivity contribution < 1.29 is 9.53 Å². The van der Waals surface area contributed by atoms with Gasteiger partial charge in [0.1, 0.15) is 0 Å². The number of benzene rings is 2. The highest BCUT2D eigenvalue weighted by Gasteiger charge is 2.19. The number of hydrogen-bond donors (Lipinski definition) is 0. The number of carbonyl (C=O) groups excluding carboxylic acids is 1. The molecule has 0 N–H and O–H groups in total. The van der Waals surface area contributed by atoms with Gasteiger partial charge in [-0.25, -0.2) is 4.79 Å². The van der Waals surface area contributed by atoms with Crippen LogP contribution in [-0.4, -0.2) is 24.8 Å². The van der Waals surface area contributed by atoms with E-state index in [1.807, 2.05) is 67.6 Å². The number of hydrogen-bond acceptors (Lipinski definition) is 3. The van der Waals surface area contributed by atoms with E-state index in [0.717, 1.165) is 23.3 Å². The Balaban J connectivity index is 2.47. The van der Waals surface area contributed by atoms with Crippen molar-refractivity contribution in [2.75, 3.05) is 7.11 Å². The lowest BCUT2D eigenvalue weighted by Gasteiger charge is -2.12. The second-order valence-electron chi connectivity index (χ2n) is 5.16. The molecule has 2 aromatic carbocycles. The number of methoxy groups -OCH3 is 1. The molecular formula is C21H21NO2. The van der Waals surface area contributed by atoms with Crippen LogP contribution in [0.15, 0.2) is 65.7 Å². The molecule has 0 aromatic heterocycles. The van der Waals surface area contributed by atoms with Crippen LogP contribution in [0.1, 0.15) is 30.9 Å².